The van der Waals surface area contributed by atoms with Gasteiger partial charge >= 0.3 is 0 Å². The number of benzene rings is 1. The van der Waals surface area contributed by atoms with Crippen molar-refractivity contribution in [2.45, 2.75) is 19.8 Å². The lowest BCUT2D eigenvalue weighted by atomic mass is 9.93. The van der Waals surface area contributed by atoms with Gasteiger partial charge in [0.25, 0.3) is 0 Å². The minimum absolute atomic E-state index is 0.290. The van der Waals surface area contributed by atoms with Gasteiger partial charge in [-0.05, 0) is 40.0 Å². The summed E-state index contributed by atoms with van der Waals surface area (Å²) >= 11 is 3.52. The third-order valence-electron chi connectivity index (χ3n) is 3.52. The van der Waals surface area contributed by atoms with Crippen molar-refractivity contribution in [1.29, 1.82) is 0 Å². The molecular weight excluding hydrogens is 318 g/mol. The van der Waals surface area contributed by atoms with Crippen LogP contribution in [0.15, 0.2) is 35.2 Å². The molecule has 5 heteroatoms. The third kappa shape index (κ3) is 2.88. The first kappa shape index (κ1) is 15.1. The molecule has 1 unspecified atom stereocenters. The zero-order chi connectivity index (χ0) is 14.7. The summed E-state index contributed by atoms with van der Waals surface area (Å²) in [6.07, 6.45) is 3.73. The van der Waals surface area contributed by atoms with E-state index in [9.17, 15) is 0 Å². The number of imidazole rings is 1. The second kappa shape index (κ2) is 6.41. The van der Waals surface area contributed by atoms with Gasteiger partial charge < -0.3 is 15.0 Å². The van der Waals surface area contributed by atoms with Gasteiger partial charge in [0.05, 0.1) is 17.9 Å². The normalized spacial score (nSPS) is 12.7. The van der Waals surface area contributed by atoms with E-state index in [2.05, 4.69) is 39.3 Å². The second-order valence-electron chi connectivity index (χ2n) is 5.09. The number of aromatic nitrogens is 2. The van der Waals surface area contributed by atoms with E-state index in [1.165, 1.54) is 0 Å². The molecule has 4 nitrogen and oxygen atoms in total. The average molecular weight is 338 g/mol. The molecule has 1 aromatic carbocycles. The largest absolute Gasteiger partial charge is 0.496 e. The maximum Gasteiger partial charge on any atom is 0.133 e. The van der Waals surface area contributed by atoms with E-state index in [1.54, 1.807) is 7.11 Å². The van der Waals surface area contributed by atoms with Gasteiger partial charge in [0.2, 0.25) is 0 Å². The van der Waals surface area contributed by atoms with Crippen LogP contribution in [-0.4, -0.2) is 23.2 Å². The summed E-state index contributed by atoms with van der Waals surface area (Å²) in [6, 6.07) is 5.98. The topological polar surface area (TPSA) is 53.1 Å². The van der Waals surface area contributed by atoms with E-state index in [-0.39, 0.29) is 0 Å². The SMILES string of the molecule is COc1ccc(-n2cncc2C(CN)C(C)C)cc1Br. The molecule has 0 amide bonds. The molecule has 1 atom stereocenters. The van der Waals surface area contributed by atoms with Crippen LogP contribution in [0.25, 0.3) is 5.69 Å². The summed E-state index contributed by atoms with van der Waals surface area (Å²) in [4.78, 5) is 4.28. The molecule has 0 fully saturated rings. The number of nitrogens with zero attached hydrogens (tertiary/aromatic N) is 2. The Kier molecular flexibility index (Phi) is 4.83. The number of ether oxygens (including phenoxy) is 1. The van der Waals surface area contributed by atoms with Crippen LogP contribution in [0.5, 0.6) is 5.75 Å². The van der Waals surface area contributed by atoms with Gasteiger partial charge in [-0.15, -0.1) is 0 Å². The highest BCUT2D eigenvalue weighted by Gasteiger charge is 2.19. The Hall–Kier alpha value is -1.33. The van der Waals surface area contributed by atoms with Crippen molar-refractivity contribution < 1.29 is 4.74 Å². The van der Waals surface area contributed by atoms with Crippen LogP contribution in [-0.2, 0) is 0 Å². The van der Waals surface area contributed by atoms with Crippen molar-refractivity contribution in [2.24, 2.45) is 11.7 Å². The lowest BCUT2D eigenvalue weighted by Gasteiger charge is -2.21. The van der Waals surface area contributed by atoms with Crippen LogP contribution in [0.3, 0.4) is 0 Å². The molecule has 0 saturated carbocycles. The van der Waals surface area contributed by atoms with Crippen molar-refractivity contribution in [3.05, 3.63) is 40.9 Å². The van der Waals surface area contributed by atoms with Gasteiger partial charge in [0.15, 0.2) is 0 Å². The average Bonchev–Trinajstić information content (AvgIpc) is 2.88. The van der Waals surface area contributed by atoms with Crippen molar-refractivity contribution in [3.8, 4) is 11.4 Å². The predicted octanol–water partition coefficient (Wildman–Crippen LogP) is 3.34. The maximum absolute atomic E-state index is 5.92. The first-order valence-corrected chi connectivity index (χ1v) is 7.44. The molecule has 1 aromatic heterocycles. The van der Waals surface area contributed by atoms with Gasteiger partial charge in [-0.2, -0.15) is 0 Å². The van der Waals surface area contributed by atoms with Crippen LogP contribution >= 0.6 is 15.9 Å². The van der Waals surface area contributed by atoms with Gasteiger partial charge in [-0.3, -0.25) is 0 Å². The van der Waals surface area contributed by atoms with Crippen molar-refractivity contribution in [2.75, 3.05) is 13.7 Å². The number of halogens is 1. The Morgan fingerprint density at radius 2 is 2.15 bits per heavy atom. The van der Waals surface area contributed by atoms with Crippen molar-refractivity contribution in [1.82, 2.24) is 9.55 Å². The highest BCUT2D eigenvalue weighted by molar-refractivity contribution is 9.10. The van der Waals surface area contributed by atoms with E-state index >= 15 is 0 Å². The molecule has 0 aliphatic heterocycles. The Balaban J connectivity index is 2.44. The zero-order valence-corrected chi connectivity index (χ0v) is 13.6. The van der Waals surface area contributed by atoms with Crippen LogP contribution in [0, 0.1) is 5.92 Å². The van der Waals surface area contributed by atoms with Gasteiger partial charge in [0, 0.05) is 30.0 Å². The molecule has 0 spiro atoms. The minimum atomic E-state index is 0.290. The van der Waals surface area contributed by atoms with Gasteiger partial charge in [-0.1, -0.05) is 13.8 Å². The summed E-state index contributed by atoms with van der Waals surface area (Å²) in [7, 11) is 1.66. The molecule has 0 radical (unpaired) electrons. The summed E-state index contributed by atoms with van der Waals surface area (Å²) in [5, 5.41) is 0. The van der Waals surface area contributed by atoms with E-state index in [0.29, 0.717) is 18.4 Å². The van der Waals surface area contributed by atoms with Gasteiger partial charge in [0.1, 0.15) is 5.75 Å². The smallest absolute Gasteiger partial charge is 0.133 e. The number of hydrogen-bond donors (Lipinski definition) is 1. The Bertz CT molecular complexity index is 580. The second-order valence-corrected chi connectivity index (χ2v) is 5.95. The summed E-state index contributed by atoms with van der Waals surface area (Å²) in [5.41, 5.74) is 8.10. The molecule has 20 heavy (non-hydrogen) atoms. The quantitative estimate of drug-likeness (QED) is 0.910. The molecule has 0 saturated heterocycles. The highest BCUT2D eigenvalue weighted by Crippen LogP contribution is 2.30. The standard InChI is InChI=1S/C15H20BrN3O/c1-10(2)12(7-17)14-8-18-9-19(14)11-4-5-15(20-3)13(16)6-11/h4-6,8-10,12H,7,17H2,1-3H3. The summed E-state index contributed by atoms with van der Waals surface area (Å²) in [5.74, 6) is 1.57. The molecule has 0 aliphatic rings. The molecule has 1 heterocycles. The Morgan fingerprint density at radius 3 is 2.70 bits per heavy atom. The van der Waals surface area contributed by atoms with Crippen LogP contribution < -0.4 is 10.5 Å². The van der Waals surface area contributed by atoms with E-state index in [1.807, 2.05) is 30.7 Å². The fourth-order valence-electron chi connectivity index (χ4n) is 2.33. The van der Waals surface area contributed by atoms with E-state index < -0.39 is 0 Å². The molecule has 2 N–H and O–H groups in total. The van der Waals surface area contributed by atoms with E-state index in [4.69, 9.17) is 10.5 Å². The van der Waals surface area contributed by atoms with Crippen LogP contribution in [0.2, 0.25) is 0 Å². The minimum Gasteiger partial charge on any atom is -0.496 e. The monoisotopic (exact) mass is 337 g/mol. The fraction of sp³-hybridized carbons (Fsp3) is 0.400. The first-order chi connectivity index (χ1) is 9.58. The van der Waals surface area contributed by atoms with Crippen molar-refractivity contribution >= 4 is 15.9 Å². The molecular formula is C15H20BrN3O. The molecule has 2 aromatic rings. The summed E-state index contributed by atoms with van der Waals surface area (Å²) in [6.45, 7) is 4.97. The molecule has 2 rings (SSSR count). The fourth-order valence-corrected chi connectivity index (χ4v) is 2.86. The van der Waals surface area contributed by atoms with Crippen LogP contribution in [0.4, 0.5) is 0 Å². The predicted molar refractivity (Wildman–Crippen MR) is 84.4 cm³/mol. The number of rotatable bonds is 5. The number of hydrogen-bond acceptors (Lipinski definition) is 3. The van der Waals surface area contributed by atoms with Crippen molar-refractivity contribution in [3.63, 3.8) is 0 Å². The number of methoxy groups -OCH3 is 1. The lowest BCUT2D eigenvalue weighted by molar-refractivity contribution is 0.412. The highest BCUT2D eigenvalue weighted by atomic mass is 79.9. The summed E-state index contributed by atoms with van der Waals surface area (Å²) < 4.78 is 8.27. The Labute approximate surface area is 128 Å². The molecule has 108 valence electrons. The van der Waals surface area contributed by atoms with E-state index in [0.717, 1.165) is 21.6 Å². The lowest BCUT2D eigenvalue weighted by Crippen LogP contribution is -2.20. The molecule has 0 aliphatic carbocycles. The Morgan fingerprint density at radius 1 is 1.40 bits per heavy atom. The maximum atomic E-state index is 5.92. The molecule has 0 bridgehead atoms. The van der Waals surface area contributed by atoms with Crippen LogP contribution in [0.1, 0.15) is 25.5 Å². The third-order valence-corrected chi connectivity index (χ3v) is 4.14. The van der Waals surface area contributed by atoms with Gasteiger partial charge in [-0.25, -0.2) is 4.98 Å². The number of nitrogens with two attached hydrogens (primary N) is 1. The zero-order valence-electron chi connectivity index (χ0n) is 12.0. The first-order valence-electron chi connectivity index (χ1n) is 6.64.